The first-order chi connectivity index (χ1) is 17.1. The number of nitrogens with zero attached hydrogens (tertiary/aromatic N) is 3. The van der Waals surface area contributed by atoms with Crippen LogP contribution in [0.3, 0.4) is 0 Å². The van der Waals surface area contributed by atoms with Crippen molar-refractivity contribution in [3.63, 3.8) is 0 Å². The van der Waals surface area contributed by atoms with E-state index in [1.807, 2.05) is 24.3 Å². The number of thioether (sulfide) groups is 1. The maximum Gasteiger partial charge on any atom is 0.164 e. The molecule has 0 spiro atoms. The van der Waals surface area contributed by atoms with Gasteiger partial charge in [-0.3, -0.25) is 0 Å². The molecule has 0 amide bonds. The zero-order valence-electron chi connectivity index (χ0n) is 21.5. The lowest BCUT2D eigenvalue weighted by molar-refractivity contribution is 0.405. The van der Waals surface area contributed by atoms with Gasteiger partial charge in [0, 0.05) is 31.9 Å². The topological polar surface area (TPSA) is 37.3 Å². The largest absolute Gasteiger partial charge is 0.497 e. The van der Waals surface area contributed by atoms with E-state index in [0.717, 1.165) is 54.3 Å². The third kappa shape index (κ3) is 7.69. The van der Waals surface area contributed by atoms with Crippen molar-refractivity contribution in [3.8, 4) is 11.5 Å². The molecule has 3 aromatic rings. The minimum atomic E-state index is 0.749. The lowest BCUT2D eigenvalue weighted by Crippen LogP contribution is -2.28. The molecule has 3 rings (SSSR count). The van der Waals surface area contributed by atoms with E-state index in [9.17, 15) is 0 Å². The van der Waals surface area contributed by atoms with E-state index in [1.165, 1.54) is 16.8 Å². The first-order valence-corrected chi connectivity index (χ1v) is 13.2. The molecular weight excluding hydrogens is 454 g/mol. The quantitative estimate of drug-likeness (QED) is 0.213. The second kappa shape index (κ2) is 13.7. The Morgan fingerprint density at radius 3 is 1.60 bits per heavy atom. The van der Waals surface area contributed by atoms with Crippen molar-refractivity contribution in [2.45, 2.75) is 33.9 Å². The van der Waals surface area contributed by atoms with E-state index in [-0.39, 0.29) is 0 Å². The van der Waals surface area contributed by atoms with Crippen LogP contribution < -0.4 is 14.4 Å². The highest BCUT2D eigenvalue weighted by Crippen LogP contribution is 2.25. The Labute approximate surface area is 214 Å². The SMILES string of the molecule is CCSC(=Nc1ccc(N(CC)CC)cc1)N(Cc1ccc(OC)cc1)Cc1ccc(OC)cc1. The number of rotatable bonds is 11. The number of ether oxygens (including phenoxy) is 2. The van der Waals surface area contributed by atoms with E-state index in [2.05, 4.69) is 79.1 Å². The van der Waals surface area contributed by atoms with Gasteiger partial charge in [-0.15, -0.1) is 0 Å². The monoisotopic (exact) mass is 491 g/mol. The molecule has 0 aliphatic rings. The average molecular weight is 492 g/mol. The van der Waals surface area contributed by atoms with Crippen LogP contribution in [-0.2, 0) is 13.1 Å². The molecule has 0 N–H and O–H groups in total. The minimum absolute atomic E-state index is 0.749. The third-order valence-corrected chi connectivity index (χ3v) is 6.71. The summed E-state index contributed by atoms with van der Waals surface area (Å²) in [4.78, 5) is 9.78. The number of anilines is 1. The lowest BCUT2D eigenvalue weighted by Gasteiger charge is -2.26. The predicted molar refractivity (Wildman–Crippen MR) is 150 cm³/mol. The minimum Gasteiger partial charge on any atom is -0.497 e. The lowest BCUT2D eigenvalue weighted by atomic mass is 10.1. The van der Waals surface area contributed by atoms with Crippen LogP contribution in [0.1, 0.15) is 31.9 Å². The van der Waals surface area contributed by atoms with Gasteiger partial charge in [0.25, 0.3) is 0 Å². The fraction of sp³-hybridized carbons (Fsp3) is 0.345. The Balaban J connectivity index is 1.92. The van der Waals surface area contributed by atoms with E-state index < -0.39 is 0 Å². The summed E-state index contributed by atoms with van der Waals surface area (Å²) in [7, 11) is 3.39. The van der Waals surface area contributed by atoms with Gasteiger partial charge >= 0.3 is 0 Å². The Bertz CT molecular complexity index is 997. The summed E-state index contributed by atoms with van der Waals surface area (Å²) in [5, 5.41) is 1.01. The Morgan fingerprint density at radius 2 is 1.20 bits per heavy atom. The highest BCUT2D eigenvalue weighted by Gasteiger charge is 2.14. The fourth-order valence-electron chi connectivity index (χ4n) is 3.85. The molecule has 0 aliphatic heterocycles. The zero-order valence-corrected chi connectivity index (χ0v) is 22.3. The molecule has 0 saturated carbocycles. The molecule has 0 unspecified atom stereocenters. The molecule has 3 aromatic carbocycles. The van der Waals surface area contributed by atoms with Crippen molar-refractivity contribution in [1.29, 1.82) is 0 Å². The number of methoxy groups -OCH3 is 2. The molecule has 5 nitrogen and oxygen atoms in total. The van der Waals surface area contributed by atoms with Gasteiger partial charge in [0.2, 0.25) is 0 Å². The number of hydrogen-bond donors (Lipinski definition) is 0. The standard InChI is InChI=1S/C29H37N3O2S/c1-6-31(7-2)26-15-13-25(14-16-26)30-29(35-8-3)32(21-23-9-17-27(33-4)18-10-23)22-24-11-19-28(34-5)20-12-24/h9-20H,6-8,21-22H2,1-5H3. The van der Waals surface area contributed by atoms with Crippen molar-refractivity contribution in [3.05, 3.63) is 83.9 Å². The number of amidine groups is 1. The van der Waals surface area contributed by atoms with E-state index in [4.69, 9.17) is 14.5 Å². The van der Waals surface area contributed by atoms with Crippen molar-refractivity contribution in [1.82, 2.24) is 4.90 Å². The Hall–Kier alpha value is -3.12. The van der Waals surface area contributed by atoms with Crippen LogP contribution in [0.15, 0.2) is 77.8 Å². The molecule has 35 heavy (non-hydrogen) atoms. The van der Waals surface area contributed by atoms with Crippen LogP contribution in [0.25, 0.3) is 0 Å². The summed E-state index contributed by atoms with van der Waals surface area (Å²) in [6.45, 7) is 10.0. The molecule has 0 aromatic heterocycles. The van der Waals surface area contributed by atoms with E-state index >= 15 is 0 Å². The van der Waals surface area contributed by atoms with Crippen LogP contribution in [0.5, 0.6) is 11.5 Å². The van der Waals surface area contributed by atoms with Gasteiger partial charge in [-0.2, -0.15) is 0 Å². The van der Waals surface area contributed by atoms with Gasteiger partial charge in [0.15, 0.2) is 5.17 Å². The summed E-state index contributed by atoms with van der Waals surface area (Å²) < 4.78 is 10.7. The molecule has 0 bridgehead atoms. The highest BCUT2D eigenvalue weighted by molar-refractivity contribution is 8.13. The van der Waals surface area contributed by atoms with Crippen molar-refractivity contribution in [2.75, 3.05) is 38.0 Å². The Morgan fingerprint density at radius 1 is 0.714 bits per heavy atom. The molecule has 0 atom stereocenters. The van der Waals surface area contributed by atoms with Crippen molar-refractivity contribution >= 4 is 28.3 Å². The zero-order chi connectivity index (χ0) is 25.0. The van der Waals surface area contributed by atoms with Gasteiger partial charge in [-0.05, 0) is 79.3 Å². The van der Waals surface area contributed by atoms with Gasteiger partial charge in [-0.1, -0.05) is 43.0 Å². The summed E-state index contributed by atoms with van der Waals surface area (Å²) in [5.74, 6) is 2.67. The highest BCUT2D eigenvalue weighted by atomic mass is 32.2. The molecule has 0 radical (unpaired) electrons. The molecule has 0 saturated heterocycles. The van der Waals surface area contributed by atoms with Crippen LogP contribution in [0.2, 0.25) is 0 Å². The normalized spacial score (nSPS) is 11.3. The predicted octanol–water partition coefficient (Wildman–Crippen LogP) is 6.99. The number of aliphatic imine (C=N–C) groups is 1. The Kier molecular flexibility index (Phi) is 10.4. The van der Waals surface area contributed by atoms with Gasteiger partial charge in [0.1, 0.15) is 11.5 Å². The molecule has 6 heteroatoms. The first-order valence-electron chi connectivity index (χ1n) is 12.2. The molecule has 0 aliphatic carbocycles. The van der Waals surface area contributed by atoms with Gasteiger partial charge < -0.3 is 19.3 Å². The van der Waals surface area contributed by atoms with Crippen LogP contribution in [0, 0.1) is 0 Å². The first kappa shape index (κ1) is 26.5. The van der Waals surface area contributed by atoms with Gasteiger partial charge in [0.05, 0.1) is 19.9 Å². The number of benzene rings is 3. The van der Waals surface area contributed by atoms with Crippen LogP contribution in [0.4, 0.5) is 11.4 Å². The molecule has 0 heterocycles. The van der Waals surface area contributed by atoms with Crippen LogP contribution >= 0.6 is 11.8 Å². The summed E-state index contributed by atoms with van der Waals surface area (Å²) in [6, 6.07) is 25.1. The number of hydrogen-bond acceptors (Lipinski definition) is 5. The third-order valence-electron chi connectivity index (χ3n) is 5.81. The smallest absolute Gasteiger partial charge is 0.164 e. The van der Waals surface area contributed by atoms with Crippen molar-refractivity contribution < 1.29 is 9.47 Å². The van der Waals surface area contributed by atoms with Gasteiger partial charge in [-0.25, -0.2) is 4.99 Å². The summed E-state index contributed by atoms with van der Waals surface area (Å²) in [5.41, 5.74) is 4.61. The maximum absolute atomic E-state index is 5.34. The van der Waals surface area contributed by atoms with E-state index in [0.29, 0.717) is 0 Å². The second-order valence-corrected chi connectivity index (χ2v) is 9.30. The summed E-state index contributed by atoms with van der Waals surface area (Å²) in [6.07, 6.45) is 0. The molecular formula is C29H37N3O2S. The molecule has 186 valence electrons. The van der Waals surface area contributed by atoms with Crippen LogP contribution in [-0.4, -0.2) is 43.1 Å². The molecule has 0 fully saturated rings. The average Bonchev–Trinajstić information content (AvgIpc) is 2.90. The van der Waals surface area contributed by atoms with E-state index in [1.54, 1.807) is 26.0 Å². The second-order valence-electron chi connectivity index (χ2n) is 8.07. The van der Waals surface area contributed by atoms with Crippen molar-refractivity contribution in [2.24, 2.45) is 4.99 Å². The maximum atomic E-state index is 5.34. The summed E-state index contributed by atoms with van der Waals surface area (Å²) >= 11 is 1.77. The fourth-order valence-corrected chi connectivity index (χ4v) is 4.59.